The molecule has 1 aliphatic carbocycles. The number of benzene rings is 1. The molecule has 19 heavy (non-hydrogen) atoms. The van der Waals surface area contributed by atoms with Crippen LogP contribution in [0.5, 0.6) is 0 Å². The van der Waals surface area contributed by atoms with Gasteiger partial charge in [-0.25, -0.2) is 0 Å². The van der Waals surface area contributed by atoms with Crippen LogP contribution >= 0.6 is 0 Å². The summed E-state index contributed by atoms with van der Waals surface area (Å²) in [7, 11) is 0. The molecule has 1 saturated carbocycles. The largest absolute Gasteiger partial charge is 0.313 e. The van der Waals surface area contributed by atoms with Gasteiger partial charge in [0.05, 0.1) is 0 Å². The van der Waals surface area contributed by atoms with Crippen molar-refractivity contribution >= 4 is 0 Å². The van der Waals surface area contributed by atoms with Gasteiger partial charge >= 0.3 is 0 Å². The van der Waals surface area contributed by atoms with Crippen LogP contribution in [0.25, 0.3) is 0 Å². The van der Waals surface area contributed by atoms with Crippen molar-refractivity contribution in [3.05, 3.63) is 35.9 Å². The van der Waals surface area contributed by atoms with Gasteiger partial charge in [0.15, 0.2) is 0 Å². The molecule has 1 aromatic rings. The molecule has 2 unspecified atom stereocenters. The number of hydrogen-bond donors (Lipinski definition) is 1. The number of hydrogen-bond acceptors (Lipinski definition) is 1. The normalized spacial score (nSPS) is 19.9. The summed E-state index contributed by atoms with van der Waals surface area (Å²) in [6, 6.07) is 11.8. The van der Waals surface area contributed by atoms with Crippen LogP contribution in [0.3, 0.4) is 0 Å². The van der Waals surface area contributed by atoms with E-state index in [2.05, 4.69) is 56.4 Å². The molecule has 1 aliphatic rings. The highest BCUT2D eigenvalue weighted by Crippen LogP contribution is 2.52. The van der Waals surface area contributed by atoms with E-state index in [1.165, 1.54) is 32.1 Å². The second-order valence-electron chi connectivity index (χ2n) is 6.26. The van der Waals surface area contributed by atoms with Gasteiger partial charge in [-0.2, -0.15) is 0 Å². The third-order valence-electron chi connectivity index (χ3n) is 4.67. The standard InChI is InChI=1S/C18H29N/c1-4-9-15(3)14-17(19-5-2)18(12-13-18)16-10-7-6-8-11-16/h6-8,10-11,15,17,19H,4-5,9,12-14H2,1-3H3. The van der Waals surface area contributed by atoms with Crippen LogP contribution in [0.15, 0.2) is 30.3 Å². The topological polar surface area (TPSA) is 12.0 Å². The highest BCUT2D eigenvalue weighted by atomic mass is 14.9. The highest BCUT2D eigenvalue weighted by Gasteiger charge is 2.50. The summed E-state index contributed by atoms with van der Waals surface area (Å²) in [5.74, 6) is 0.829. The monoisotopic (exact) mass is 259 g/mol. The zero-order chi connectivity index (χ0) is 13.7. The fourth-order valence-corrected chi connectivity index (χ4v) is 3.51. The molecular weight excluding hydrogens is 230 g/mol. The van der Waals surface area contributed by atoms with Crippen molar-refractivity contribution in [3.8, 4) is 0 Å². The molecule has 1 aromatic carbocycles. The van der Waals surface area contributed by atoms with Crippen molar-refractivity contribution in [2.75, 3.05) is 6.54 Å². The van der Waals surface area contributed by atoms with Gasteiger partial charge in [-0.15, -0.1) is 0 Å². The van der Waals surface area contributed by atoms with E-state index in [0.29, 0.717) is 11.5 Å². The lowest BCUT2D eigenvalue weighted by Gasteiger charge is -2.30. The van der Waals surface area contributed by atoms with Crippen molar-refractivity contribution in [3.63, 3.8) is 0 Å². The Hall–Kier alpha value is -0.820. The third-order valence-corrected chi connectivity index (χ3v) is 4.67. The molecule has 0 radical (unpaired) electrons. The van der Waals surface area contributed by atoms with Gasteiger partial charge < -0.3 is 5.32 Å². The van der Waals surface area contributed by atoms with Gasteiger partial charge in [0.25, 0.3) is 0 Å². The molecule has 0 heterocycles. The molecule has 1 nitrogen and oxygen atoms in total. The van der Waals surface area contributed by atoms with Crippen LogP contribution < -0.4 is 5.32 Å². The van der Waals surface area contributed by atoms with Gasteiger partial charge in [-0.05, 0) is 37.3 Å². The van der Waals surface area contributed by atoms with E-state index in [1.807, 2.05) is 0 Å². The summed E-state index contributed by atoms with van der Waals surface area (Å²) in [5, 5.41) is 3.77. The minimum absolute atomic E-state index is 0.430. The zero-order valence-corrected chi connectivity index (χ0v) is 12.8. The smallest absolute Gasteiger partial charge is 0.0166 e. The van der Waals surface area contributed by atoms with E-state index in [1.54, 1.807) is 5.56 Å². The number of rotatable bonds is 8. The molecule has 0 aromatic heterocycles. The first-order chi connectivity index (χ1) is 9.23. The van der Waals surface area contributed by atoms with Gasteiger partial charge in [0.2, 0.25) is 0 Å². The van der Waals surface area contributed by atoms with Gasteiger partial charge in [0, 0.05) is 11.5 Å². The molecule has 1 heteroatoms. The average molecular weight is 259 g/mol. The molecule has 0 bridgehead atoms. The molecule has 1 N–H and O–H groups in total. The summed E-state index contributed by atoms with van der Waals surface area (Å²) >= 11 is 0. The van der Waals surface area contributed by atoms with Crippen molar-refractivity contribution < 1.29 is 0 Å². The summed E-state index contributed by atoms with van der Waals surface area (Å²) in [6.45, 7) is 8.02. The third kappa shape index (κ3) is 3.39. The first-order valence-electron chi connectivity index (χ1n) is 8.02. The van der Waals surface area contributed by atoms with Crippen LogP contribution in [0.1, 0.15) is 58.4 Å². The molecule has 0 aliphatic heterocycles. The molecule has 0 amide bonds. The summed E-state index contributed by atoms with van der Waals surface area (Å²) in [6.07, 6.45) is 6.68. The lowest BCUT2D eigenvalue weighted by Crippen LogP contribution is -2.41. The van der Waals surface area contributed by atoms with E-state index in [-0.39, 0.29) is 0 Å². The first-order valence-corrected chi connectivity index (χ1v) is 8.02. The van der Waals surface area contributed by atoms with Crippen LogP contribution in [0.4, 0.5) is 0 Å². The highest BCUT2D eigenvalue weighted by molar-refractivity contribution is 5.33. The van der Waals surface area contributed by atoms with Crippen molar-refractivity contribution in [1.29, 1.82) is 0 Å². The Morgan fingerprint density at radius 2 is 1.84 bits per heavy atom. The summed E-state index contributed by atoms with van der Waals surface area (Å²) in [4.78, 5) is 0. The number of nitrogens with one attached hydrogen (secondary N) is 1. The van der Waals surface area contributed by atoms with E-state index < -0.39 is 0 Å². The van der Waals surface area contributed by atoms with Gasteiger partial charge in [-0.3, -0.25) is 0 Å². The van der Waals surface area contributed by atoms with Crippen molar-refractivity contribution in [2.24, 2.45) is 5.92 Å². The summed E-state index contributed by atoms with van der Waals surface area (Å²) in [5.41, 5.74) is 1.98. The lowest BCUT2D eigenvalue weighted by atomic mass is 9.82. The molecule has 0 spiro atoms. The van der Waals surface area contributed by atoms with Crippen LogP contribution in [-0.4, -0.2) is 12.6 Å². The van der Waals surface area contributed by atoms with E-state index in [9.17, 15) is 0 Å². The zero-order valence-electron chi connectivity index (χ0n) is 12.8. The predicted octanol–water partition coefficient (Wildman–Crippen LogP) is 4.52. The van der Waals surface area contributed by atoms with Gasteiger partial charge in [-0.1, -0.05) is 63.9 Å². The van der Waals surface area contributed by atoms with Crippen molar-refractivity contribution in [2.45, 2.75) is 64.3 Å². The quantitative estimate of drug-likeness (QED) is 0.723. The van der Waals surface area contributed by atoms with Crippen molar-refractivity contribution in [1.82, 2.24) is 5.32 Å². The Labute approximate surface area is 118 Å². The van der Waals surface area contributed by atoms with Crippen LogP contribution in [0.2, 0.25) is 0 Å². The molecular formula is C18H29N. The Balaban J connectivity index is 2.10. The molecule has 1 fully saturated rings. The maximum Gasteiger partial charge on any atom is 0.0166 e. The maximum absolute atomic E-state index is 3.77. The predicted molar refractivity (Wildman–Crippen MR) is 83.5 cm³/mol. The van der Waals surface area contributed by atoms with E-state index >= 15 is 0 Å². The number of likely N-dealkylation sites (N-methyl/N-ethyl adjacent to an activating group) is 1. The first kappa shape index (κ1) is 14.6. The maximum atomic E-state index is 3.77. The molecule has 2 atom stereocenters. The fourth-order valence-electron chi connectivity index (χ4n) is 3.51. The average Bonchev–Trinajstić information content (AvgIpc) is 3.21. The molecule has 0 saturated heterocycles. The summed E-state index contributed by atoms with van der Waals surface area (Å²) < 4.78 is 0. The Morgan fingerprint density at radius 1 is 1.16 bits per heavy atom. The minimum atomic E-state index is 0.430. The van der Waals surface area contributed by atoms with Crippen LogP contribution in [0, 0.1) is 5.92 Å². The lowest BCUT2D eigenvalue weighted by molar-refractivity contribution is 0.332. The Kier molecular flexibility index (Phi) is 5.04. The van der Waals surface area contributed by atoms with Gasteiger partial charge in [0.1, 0.15) is 0 Å². The minimum Gasteiger partial charge on any atom is -0.313 e. The van der Waals surface area contributed by atoms with E-state index in [4.69, 9.17) is 0 Å². The molecule has 2 rings (SSSR count). The Bertz CT molecular complexity index is 367. The SMILES string of the molecule is CCCC(C)CC(NCC)C1(c2ccccc2)CC1. The Morgan fingerprint density at radius 3 is 2.37 bits per heavy atom. The second-order valence-corrected chi connectivity index (χ2v) is 6.26. The second kappa shape index (κ2) is 6.56. The van der Waals surface area contributed by atoms with Crippen LogP contribution in [-0.2, 0) is 5.41 Å². The van der Waals surface area contributed by atoms with E-state index in [0.717, 1.165) is 12.5 Å². The molecule has 106 valence electrons. The fraction of sp³-hybridized carbons (Fsp3) is 0.667.